The molecule has 20 heavy (non-hydrogen) atoms. The summed E-state index contributed by atoms with van der Waals surface area (Å²) in [6, 6.07) is 0. The monoisotopic (exact) mass is 303 g/mol. The zero-order valence-corrected chi connectivity index (χ0v) is 11.7. The van der Waals surface area contributed by atoms with Crippen LogP contribution in [0.4, 0.5) is 4.79 Å². The van der Waals surface area contributed by atoms with Gasteiger partial charge in [-0.05, 0) is 11.8 Å². The van der Waals surface area contributed by atoms with Crippen LogP contribution < -0.4 is 0 Å². The quantitative estimate of drug-likeness (QED) is 0.741. The number of carboxylic acids is 1. The lowest BCUT2D eigenvalue weighted by atomic mass is 9.91. The third kappa shape index (κ3) is 2.79. The van der Waals surface area contributed by atoms with Gasteiger partial charge in [0.15, 0.2) is 9.84 Å². The molecule has 8 heteroatoms. The van der Waals surface area contributed by atoms with Crippen LogP contribution in [0.5, 0.6) is 0 Å². The third-order valence-corrected chi connectivity index (χ3v) is 6.16. The Labute approximate surface area is 117 Å². The number of hydrogen-bond acceptors (Lipinski definition) is 5. The van der Waals surface area contributed by atoms with Crippen molar-refractivity contribution in [2.75, 3.05) is 25.4 Å². The van der Waals surface area contributed by atoms with Crippen molar-refractivity contribution in [1.29, 1.82) is 0 Å². The minimum absolute atomic E-state index is 0.0654. The zero-order chi connectivity index (χ0) is 14.9. The summed E-state index contributed by atoms with van der Waals surface area (Å²) in [4.78, 5) is 23.9. The largest absolute Gasteiger partial charge is 0.481 e. The maximum absolute atomic E-state index is 12.0. The average Bonchev–Trinajstić information content (AvgIpc) is 2.87. The van der Waals surface area contributed by atoms with Crippen molar-refractivity contribution in [3.05, 3.63) is 12.7 Å². The maximum atomic E-state index is 12.0. The predicted molar refractivity (Wildman–Crippen MR) is 69.9 cm³/mol. The summed E-state index contributed by atoms with van der Waals surface area (Å²) in [6.45, 7) is 3.81. The number of hydrogen-bond donors (Lipinski definition) is 1. The van der Waals surface area contributed by atoms with E-state index >= 15 is 0 Å². The number of sulfone groups is 1. The topological polar surface area (TPSA) is 101 Å². The highest BCUT2D eigenvalue weighted by molar-refractivity contribution is 7.92. The van der Waals surface area contributed by atoms with Gasteiger partial charge in [0.05, 0.1) is 11.0 Å². The van der Waals surface area contributed by atoms with Crippen LogP contribution in [0.2, 0.25) is 0 Å². The van der Waals surface area contributed by atoms with Gasteiger partial charge in [-0.1, -0.05) is 12.7 Å². The Morgan fingerprint density at radius 2 is 2.10 bits per heavy atom. The van der Waals surface area contributed by atoms with Gasteiger partial charge in [0.1, 0.15) is 6.61 Å². The van der Waals surface area contributed by atoms with Crippen molar-refractivity contribution < 1.29 is 27.9 Å². The number of carboxylic acid groups (broad SMARTS) is 1. The first-order chi connectivity index (χ1) is 9.35. The highest BCUT2D eigenvalue weighted by Crippen LogP contribution is 2.39. The van der Waals surface area contributed by atoms with E-state index in [4.69, 9.17) is 9.84 Å². The summed E-state index contributed by atoms with van der Waals surface area (Å²) in [6.07, 6.45) is 0.665. The Balaban J connectivity index is 2.09. The number of ether oxygens (including phenoxy) is 1. The van der Waals surface area contributed by atoms with Crippen LogP contribution in [-0.2, 0) is 19.4 Å². The van der Waals surface area contributed by atoms with E-state index in [1.165, 1.54) is 11.0 Å². The molecule has 2 saturated heterocycles. The molecule has 2 heterocycles. The summed E-state index contributed by atoms with van der Waals surface area (Å²) in [5.41, 5.74) is 0. The number of rotatable bonds is 4. The molecule has 0 aromatic carbocycles. The van der Waals surface area contributed by atoms with Gasteiger partial charge in [0, 0.05) is 19.5 Å². The fraction of sp³-hybridized carbons (Fsp3) is 0.667. The van der Waals surface area contributed by atoms with Gasteiger partial charge in [-0.15, -0.1) is 0 Å². The molecule has 3 atom stereocenters. The van der Waals surface area contributed by atoms with Crippen LogP contribution >= 0.6 is 0 Å². The molecule has 112 valence electrons. The van der Waals surface area contributed by atoms with E-state index in [1.54, 1.807) is 0 Å². The summed E-state index contributed by atoms with van der Waals surface area (Å²) in [5.74, 6) is -1.87. The molecule has 0 aromatic rings. The summed E-state index contributed by atoms with van der Waals surface area (Å²) in [5, 5.41) is 8.18. The molecule has 0 unspecified atom stereocenters. The zero-order valence-electron chi connectivity index (χ0n) is 10.9. The van der Waals surface area contributed by atoms with Gasteiger partial charge >= 0.3 is 12.1 Å². The Morgan fingerprint density at radius 3 is 2.70 bits per heavy atom. The van der Waals surface area contributed by atoms with E-state index in [1.807, 2.05) is 0 Å². The fourth-order valence-electron chi connectivity index (χ4n) is 2.98. The molecular weight excluding hydrogens is 286 g/mol. The molecule has 2 aliphatic rings. The molecule has 0 aromatic heterocycles. The van der Waals surface area contributed by atoms with Crippen molar-refractivity contribution >= 4 is 21.9 Å². The second-order valence-electron chi connectivity index (χ2n) is 5.16. The van der Waals surface area contributed by atoms with E-state index in [2.05, 4.69) is 6.58 Å². The minimum Gasteiger partial charge on any atom is -0.481 e. The van der Waals surface area contributed by atoms with Crippen LogP contribution in [0, 0.1) is 11.8 Å². The van der Waals surface area contributed by atoms with Crippen molar-refractivity contribution in [2.45, 2.75) is 11.7 Å². The number of carbonyl (C=O) groups excluding carboxylic acids is 1. The van der Waals surface area contributed by atoms with Crippen molar-refractivity contribution in [2.24, 2.45) is 11.8 Å². The Morgan fingerprint density at radius 1 is 1.40 bits per heavy atom. The first-order valence-electron chi connectivity index (χ1n) is 6.31. The molecule has 0 aliphatic carbocycles. The van der Waals surface area contributed by atoms with Crippen molar-refractivity contribution in [3.8, 4) is 0 Å². The Bertz CT molecular complexity index is 528. The van der Waals surface area contributed by atoms with Gasteiger partial charge in [-0.2, -0.15) is 0 Å². The van der Waals surface area contributed by atoms with Gasteiger partial charge < -0.3 is 14.7 Å². The van der Waals surface area contributed by atoms with E-state index in [-0.39, 0.29) is 37.8 Å². The molecular formula is C12H17NO6S. The highest BCUT2D eigenvalue weighted by atomic mass is 32.2. The highest BCUT2D eigenvalue weighted by Gasteiger charge is 2.53. The van der Waals surface area contributed by atoms with Gasteiger partial charge in [0.25, 0.3) is 0 Å². The Hall–Kier alpha value is -1.57. The molecule has 2 fully saturated rings. The van der Waals surface area contributed by atoms with Crippen LogP contribution in [0.25, 0.3) is 0 Å². The molecule has 1 amide bonds. The second-order valence-corrected chi connectivity index (χ2v) is 7.42. The molecule has 0 radical (unpaired) electrons. The molecule has 7 nitrogen and oxygen atoms in total. The number of carbonyl (C=O) groups is 2. The van der Waals surface area contributed by atoms with Crippen molar-refractivity contribution in [1.82, 2.24) is 4.90 Å². The van der Waals surface area contributed by atoms with Crippen molar-refractivity contribution in [3.63, 3.8) is 0 Å². The van der Waals surface area contributed by atoms with Gasteiger partial charge in [-0.25, -0.2) is 13.2 Å². The second kappa shape index (κ2) is 5.43. The molecule has 2 rings (SSSR count). The number of fused-ring (bicyclic) bond motifs is 1. The molecule has 0 saturated carbocycles. The molecule has 1 N–H and O–H groups in total. The predicted octanol–water partition coefficient (Wildman–Crippen LogP) is 0.129. The molecule has 0 bridgehead atoms. The lowest BCUT2D eigenvalue weighted by molar-refractivity contribution is -0.138. The number of amides is 1. The van der Waals surface area contributed by atoms with Crippen LogP contribution in [-0.4, -0.2) is 61.2 Å². The smallest absolute Gasteiger partial charge is 0.410 e. The van der Waals surface area contributed by atoms with Gasteiger partial charge in [0.2, 0.25) is 0 Å². The first kappa shape index (κ1) is 14.8. The first-order valence-corrected chi connectivity index (χ1v) is 8.02. The average molecular weight is 303 g/mol. The van der Waals surface area contributed by atoms with E-state index in [0.29, 0.717) is 0 Å². The SMILES string of the molecule is C=CCOC(=O)N1C[C@@H]2[C@H](CC(=O)O)CS(=O)(=O)[C@@H]2C1. The Kier molecular flexibility index (Phi) is 4.03. The van der Waals surface area contributed by atoms with Gasteiger partial charge in [-0.3, -0.25) is 4.79 Å². The normalized spacial score (nSPS) is 30.8. The van der Waals surface area contributed by atoms with E-state index in [9.17, 15) is 18.0 Å². The summed E-state index contributed by atoms with van der Waals surface area (Å²) < 4.78 is 28.9. The molecule has 0 spiro atoms. The number of nitrogens with zero attached hydrogens (tertiary/aromatic N) is 1. The number of likely N-dealkylation sites (tertiary alicyclic amines) is 1. The third-order valence-electron chi connectivity index (χ3n) is 3.84. The number of aliphatic carboxylic acids is 1. The summed E-state index contributed by atoms with van der Waals surface area (Å²) >= 11 is 0. The minimum atomic E-state index is -3.34. The lowest BCUT2D eigenvalue weighted by Gasteiger charge is -2.18. The fourth-order valence-corrected chi connectivity index (χ4v) is 5.44. The summed E-state index contributed by atoms with van der Waals surface area (Å²) in [7, 11) is -3.34. The standard InChI is InChI=1S/C12H17NO6S/c1-2-3-19-12(16)13-5-9-8(4-11(14)15)7-20(17,18)10(9)6-13/h2,8-10H,1,3-7H2,(H,14,15)/t8-,9-,10-/m1/s1. The lowest BCUT2D eigenvalue weighted by Crippen LogP contribution is -2.33. The van der Waals surface area contributed by atoms with E-state index in [0.717, 1.165) is 0 Å². The maximum Gasteiger partial charge on any atom is 0.410 e. The van der Waals surface area contributed by atoms with Crippen LogP contribution in [0.15, 0.2) is 12.7 Å². The van der Waals surface area contributed by atoms with Crippen LogP contribution in [0.1, 0.15) is 6.42 Å². The van der Waals surface area contributed by atoms with E-state index < -0.39 is 33.1 Å². The molecule has 2 aliphatic heterocycles. The van der Waals surface area contributed by atoms with Crippen LogP contribution in [0.3, 0.4) is 0 Å².